The zero-order chi connectivity index (χ0) is 14.3. The highest BCUT2D eigenvalue weighted by Crippen LogP contribution is 2.35. The van der Waals surface area contributed by atoms with E-state index in [1.54, 1.807) is 24.3 Å². The molecule has 0 atom stereocenters. The summed E-state index contributed by atoms with van der Waals surface area (Å²) in [6, 6.07) is 8.74. The third kappa shape index (κ3) is 1.82. The van der Waals surface area contributed by atoms with E-state index in [1.807, 2.05) is 6.07 Å². The lowest BCUT2D eigenvalue weighted by Crippen LogP contribution is -2.33. The standard InChI is InChI=1S/C16H13NO3/c1-10-13-4-3-7-17(19)15(13)9-20-16-6-5-12(11(2)18)8-14(10)16/h3-8,18H,1-2,9H2. The lowest BCUT2D eigenvalue weighted by molar-refractivity contribution is -0.616. The fourth-order valence-corrected chi connectivity index (χ4v) is 2.30. The second-order valence-corrected chi connectivity index (χ2v) is 4.62. The molecule has 4 heteroatoms. The first kappa shape index (κ1) is 12.3. The molecule has 0 unspecified atom stereocenters. The van der Waals surface area contributed by atoms with Crippen LogP contribution in [0.4, 0.5) is 0 Å². The number of nitrogens with zero attached hydrogens (tertiary/aromatic N) is 1. The van der Waals surface area contributed by atoms with Crippen molar-refractivity contribution in [1.29, 1.82) is 0 Å². The normalized spacial score (nSPS) is 12.9. The maximum Gasteiger partial charge on any atom is 0.238 e. The molecule has 0 fully saturated rings. The average Bonchev–Trinajstić information content (AvgIpc) is 2.58. The van der Waals surface area contributed by atoms with Gasteiger partial charge in [-0.25, -0.2) is 0 Å². The van der Waals surface area contributed by atoms with E-state index in [1.165, 1.54) is 6.20 Å². The fourth-order valence-electron chi connectivity index (χ4n) is 2.30. The molecule has 100 valence electrons. The number of aliphatic hydroxyl groups is 1. The van der Waals surface area contributed by atoms with Gasteiger partial charge in [0.1, 0.15) is 11.5 Å². The number of aromatic nitrogens is 1. The summed E-state index contributed by atoms with van der Waals surface area (Å²) in [5.74, 6) is 0.619. The van der Waals surface area contributed by atoms with Crippen molar-refractivity contribution in [3.63, 3.8) is 0 Å². The predicted octanol–water partition coefficient (Wildman–Crippen LogP) is 2.80. The van der Waals surface area contributed by atoms with E-state index in [2.05, 4.69) is 13.2 Å². The molecule has 0 aliphatic carbocycles. The van der Waals surface area contributed by atoms with E-state index in [9.17, 15) is 10.3 Å². The summed E-state index contributed by atoms with van der Waals surface area (Å²) in [5, 5.41) is 21.3. The van der Waals surface area contributed by atoms with Crippen LogP contribution in [0.25, 0.3) is 11.3 Å². The van der Waals surface area contributed by atoms with Crippen molar-refractivity contribution in [2.45, 2.75) is 6.61 Å². The van der Waals surface area contributed by atoms with Crippen LogP contribution < -0.4 is 9.47 Å². The Balaban J connectivity index is 2.20. The molecule has 0 amide bonds. The number of hydrogen-bond acceptors (Lipinski definition) is 3. The van der Waals surface area contributed by atoms with Gasteiger partial charge in [0.2, 0.25) is 5.69 Å². The number of pyridine rings is 1. The molecule has 1 aliphatic heterocycles. The summed E-state index contributed by atoms with van der Waals surface area (Å²) in [4.78, 5) is 0. The molecule has 0 saturated heterocycles. The van der Waals surface area contributed by atoms with Crippen molar-refractivity contribution in [3.05, 3.63) is 77.3 Å². The van der Waals surface area contributed by atoms with E-state index in [-0.39, 0.29) is 12.4 Å². The lowest BCUT2D eigenvalue weighted by atomic mass is 9.96. The SMILES string of the molecule is C=C(O)c1ccc2c(c1)C(=C)c1ccc[n+]([O-])c1CO2. The van der Waals surface area contributed by atoms with Crippen LogP contribution in [0.1, 0.15) is 22.4 Å². The number of aliphatic hydroxyl groups excluding tert-OH is 1. The Bertz CT molecular complexity index is 734. The quantitative estimate of drug-likeness (QED) is 0.491. The van der Waals surface area contributed by atoms with Gasteiger partial charge in [-0.3, -0.25) is 0 Å². The van der Waals surface area contributed by atoms with E-state index < -0.39 is 0 Å². The summed E-state index contributed by atoms with van der Waals surface area (Å²) in [7, 11) is 0. The minimum Gasteiger partial charge on any atom is -0.618 e. The van der Waals surface area contributed by atoms with Crippen molar-refractivity contribution in [2.75, 3.05) is 0 Å². The zero-order valence-corrected chi connectivity index (χ0v) is 10.8. The zero-order valence-electron chi connectivity index (χ0n) is 10.8. The van der Waals surface area contributed by atoms with Gasteiger partial charge in [0, 0.05) is 17.2 Å². The highest BCUT2D eigenvalue weighted by molar-refractivity contribution is 5.84. The highest BCUT2D eigenvalue weighted by Gasteiger charge is 2.23. The van der Waals surface area contributed by atoms with Crippen LogP contribution in [0.2, 0.25) is 0 Å². The summed E-state index contributed by atoms with van der Waals surface area (Å²) in [6.07, 6.45) is 1.44. The Morgan fingerprint density at radius 1 is 1.30 bits per heavy atom. The molecule has 1 N–H and O–H groups in total. The third-order valence-corrected chi connectivity index (χ3v) is 3.39. The van der Waals surface area contributed by atoms with Crippen molar-refractivity contribution < 1.29 is 14.6 Å². The van der Waals surface area contributed by atoms with Gasteiger partial charge in [-0.05, 0) is 29.8 Å². The van der Waals surface area contributed by atoms with Gasteiger partial charge in [-0.2, -0.15) is 4.73 Å². The van der Waals surface area contributed by atoms with Gasteiger partial charge in [0.15, 0.2) is 12.8 Å². The topological polar surface area (TPSA) is 56.4 Å². The van der Waals surface area contributed by atoms with Crippen LogP contribution >= 0.6 is 0 Å². The van der Waals surface area contributed by atoms with Gasteiger partial charge in [-0.15, -0.1) is 0 Å². The molecule has 0 radical (unpaired) electrons. The van der Waals surface area contributed by atoms with Crippen LogP contribution in [0, 0.1) is 5.21 Å². The number of benzene rings is 1. The van der Waals surface area contributed by atoms with Crippen LogP contribution in [0.15, 0.2) is 49.7 Å². The molecule has 0 spiro atoms. The molecular weight excluding hydrogens is 254 g/mol. The van der Waals surface area contributed by atoms with Crippen molar-refractivity contribution in [2.24, 2.45) is 0 Å². The largest absolute Gasteiger partial charge is 0.618 e. The molecule has 2 aromatic rings. The summed E-state index contributed by atoms with van der Waals surface area (Å²) < 4.78 is 6.46. The Kier molecular flexibility index (Phi) is 2.71. The Morgan fingerprint density at radius 3 is 2.85 bits per heavy atom. The molecule has 0 bridgehead atoms. The summed E-state index contributed by atoms with van der Waals surface area (Å²) in [6.45, 7) is 7.75. The highest BCUT2D eigenvalue weighted by atomic mass is 16.5. The smallest absolute Gasteiger partial charge is 0.238 e. The maximum atomic E-state index is 11.8. The maximum absolute atomic E-state index is 11.8. The summed E-state index contributed by atoms with van der Waals surface area (Å²) >= 11 is 0. The van der Waals surface area contributed by atoms with E-state index in [4.69, 9.17) is 4.74 Å². The van der Waals surface area contributed by atoms with Crippen molar-refractivity contribution in [1.82, 2.24) is 0 Å². The Hall–Kier alpha value is -2.75. The molecule has 1 aromatic heterocycles. The first-order chi connectivity index (χ1) is 9.58. The van der Waals surface area contributed by atoms with Gasteiger partial charge in [-0.1, -0.05) is 13.2 Å². The molecule has 2 heterocycles. The molecular formula is C16H13NO3. The number of rotatable bonds is 1. The number of fused-ring (bicyclic) bond motifs is 2. The van der Waals surface area contributed by atoms with Crippen molar-refractivity contribution in [3.8, 4) is 5.75 Å². The first-order valence-corrected chi connectivity index (χ1v) is 6.13. The third-order valence-electron chi connectivity index (χ3n) is 3.39. The first-order valence-electron chi connectivity index (χ1n) is 6.13. The second-order valence-electron chi connectivity index (χ2n) is 4.62. The average molecular weight is 267 g/mol. The van der Waals surface area contributed by atoms with E-state index >= 15 is 0 Å². The van der Waals surface area contributed by atoms with Gasteiger partial charge in [0.05, 0.1) is 5.56 Å². The van der Waals surface area contributed by atoms with Crippen molar-refractivity contribution >= 4 is 11.3 Å². The summed E-state index contributed by atoms with van der Waals surface area (Å²) in [5.41, 5.74) is 3.33. The van der Waals surface area contributed by atoms with E-state index in [0.717, 1.165) is 15.9 Å². The van der Waals surface area contributed by atoms with Crippen LogP contribution in [0.5, 0.6) is 5.75 Å². The van der Waals surface area contributed by atoms with Crippen LogP contribution in [-0.2, 0) is 6.61 Å². The van der Waals surface area contributed by atoms with Gasteiger partial charge in [0.25, 0.3) is 0 Å². The monoisotopic (exact) mass is 267 g/mol. The second kappa shape index (κ2) is 4.42. The minimum absolute atomic E-state index is 0.0166. The minimum atomic E-state index is -0.0166. The lowest BCUT2D eigenvalue weighted by Gasteiger charge is -2.09. The molecule has 0 saturated carbocycles. The van der Waals surface area contributed by atoms with Crippen LogP contribution in [0.3, 0.4) is 0 Å². The van der Waals surface area contributed by atoms with Crippen LogP contribution in [-0.4, -0.2) is 5.11 Å². The molecule has 1 aromatic carbocycles. The number of ether oxygens (including phenoxy) is 1. The molecule has 4 nitrogen and oxygen atoms in total. The molecule has 20 heavy (non-hydrogen) atoms. The predicted molar refractivity (Wildman–Crippen MR) is 76.0 cm³/mol. The Labute approximate surface area is 116 Å². The molecule has 3 rings (SSSR count). The fraction of sp³-hybridized carbons (Fsp3) is 0.0625. The number of hydrogen-bond donors (Lipinski definition) is 1. The van der Waals surface area contributed by atoms with E-state index in [0.29, 0.717) is 22.6 Å². The Morgan fingerprint density at radius 2 is 2.10 bits per heavy atom. The van der Waals surface area contributed by atoms with Gasteiger partial charge < -0.3 is 15.1 Å². The molecule has 1 aliphatic rings. The van der Waals surface area contributed by atoms with Gasteiger partial charge >= 0.3 is 0 Å².